The number of hydrogen-bond donors (Lipinski definition) is 2. The molecule has 114 valence electrons. The number of aliphatic carboxylic acids is 1. The van der Waals surface area contributed by atoms with Crippen LogP contribution in [0.4, 0.5) is 0 Å². The Bertz CT molecular complexity index is 510. The zero-order valence-electron chi connectivity index (χ0n) is 12.0. The van der Waals surface area contributed by atoms with Gasteiger partial charge in [-0.2, -0.15) is 0 Å². The third-order valence-electron chi connectivity index (χ3n) is 3.71. The molecule has 1 saturated carbocycles. The maximum absolute atomic E-state index is 12.3. The van der Waals surface area contributed by atoms with Gasteiger partial charge < -0.3 is 15.2 Å². The molecule has 0 aromatic carbocycles. The molecule has 1 fully saturated rings. The van der Waals surface area contributed by atoms with Crippen LogP contribution in [0.1, 0.15) is 43.0 Å². The van der Waals surface area contributed by atoms with Crippen LogP contribution in [0, 0.1) is 5.92 Å². The molecule has 0 atom stereocenters. The molecule has 2 N–H and O–H groups in total. The van der Waals surface area contributed by atoms with E-state index in [0.29, 0.717) is 43.7 Å². The van der Waals surface area contributed by atoms with Crippen molar-refractivity contribution in [2.75, 3.05) is 6.61 Å². The summed E-state index contributed by atoms with van der Waals surface area (Å²) in [5, 5.41) is 11.9. The van der Waals surface area contributed by atoms with Gasteiger partial charge in [-0.05, 0) is 44.7 Å². The second-order valence-electron chi connectivity index (χ2n) is 5.15. The van der Waals surface area contributed by atoms with Crippen molar-refractivity contribution < 1.29 is 19.4 Å². The maximum atomic E-state index is 12.3. The van der Waals surface area contributed by atoms with Gasteiger partial charge in [-0.1, -0.05) is 0 Å². The maximum Gasteiger partial charge on any atom is 0.306 e. The predicted molar refractivity (Wildman–Crippen MR) is 76.3 cm³/mol. The predicted octanol–water partition coefficient (Wildman–Crippen LogP) is 1.85. The molecular formula is C15H20N2O4. The summed E-state index contributed by atoms with van der Waals surface area (Å²) in [6.45, 7) is 2.28. The molecule has 0 radical (unpaired) electrons. The minimum atomic E-state index is -0.745. The average molecular weight is 292 g/mol. The van der Waals surface area contributed by atoms with Crippen LogP contribution in [0.5, 0.6) is 5.88 Å². The fourth-order valence-corrected chi connectivity index (χ4v) is 2.56. The Balaban J connectivity index is 1.95. The third-order valence-corrected chi connectivity index (χ3v) is 3.71. The van der Waals surface area contributed by atoms with Crippen LogP contribution in [-0.2, 0) is 4.79 Å². The number of nitrogens with one attached hydrogen (secondary N) is 1. The second-order valence-corrected chi connectivity index (χ2v) is 5.15. The van der Waals surface area contributed by atoms with E-state index in [0.717, 1.165) is 0 Å². The molecule has 0 bridgehead atoms. The zero-order valence-corrected chi connectivity index (χ0v) is 12.0. The topological polar surface area (TPSA) is 88.5 Å². The lowest BCUT2D eigenvalue weighted by Crippen LogP contribution is -2.38. The molecule has 0 aliphatic heterocycles. The van der Waals surface area contributed by atoms with E-state index in [1.165, 1.54) is 0 Å². The quantitative estimate of drug-likeness (QED) is 0.864. The lowest BCUT2D eigenvalue weighted by molar-refractivity contribution is -0.142. The number of pyridine rings is 1. The summed E-state index contributed by atoms with van der Waals surface area (Å²) in [6, 6.07) is 3.39. The van der Waals surface area contributed by atoms with E-state index in [2.05, 4.69) is 10.3 Å². The summed E-state index contributed by atoms with van der Waals surface area (Å²) >= 11 is 0. The zero-order chi connectivity index (χ0) is 15.2. The van der Waals surface area contributed by atoms with E-state index < -0.39 is 5.97 Å². The number of ether oxygens (including phenoxy) is 1. The average Bonchev–Trinajstić information content (AvgIpc) is 2.48. The third kappa shape index (κ3) is 3.93. The molecule has 1 aliphatic carbocycles. The Labute approximate surface area is 123 Å². The van der Waals surface area contributed by atoms with Crippen molar-refractivity contribution in [3.63, 3.8) is 0 Å². The van der Waals surface area contributed by atoms with E-state index in [4.69, 9.17) is 9.84 Å². The highest BCUT2D eigenvalue weighted by molar-refractivity contribution is 5.96. The van der Waals surface area contributed by atoms with Crippen molar-refractivity contribution in [1.82, 2.24) is 10.3 Å². The van der Waals surface area contributed by atoms with Crippen molar-refractivity contribution in [2.24, 2.45) is 5.92 Å². The number of hydrogen-bond acceptors (Lipinski definition) is 4. The number of carboxylic acids is 1. The Kier molecular flexibility index (Phi) is 5.14. The first-order chi connectivity index (χ1) is 10.1. The SMILES string of the molecule is CCOc1ncccc1C(=O)NC1CCC(C(=O)O)CC1. The molecule has 1 aromatic heterocycles. The van der Waals surface area contributed by atoms with Crippen LogP contribution in [0.3, 0.4) is 0 Å². The molecule has 1 amide bonds. The normalized spacial score (nSPS) is 21.6. The standard InChI is InChI=1S/C15H20N2O4/c1-2-21-14-12(4-3-9-16-14)13(18)17-11-7-5-10(6-8-11)15(19)20/h3-4,9-11H,2,5-8H2,1H3,(H,17,18)(H,19,20). The fourth-order valence-electron chi connectivity index (χ4n) is 2.56. The molecule has 0 unspecified atom stereocenters. The van der Waals surface area contributed by atoms with Gasteiger partial charge in [0, 0.05) is 12.2 Å². The number of carbonyl (C=O) groups excluding carboxylic acids is 1. The van der Waals surface area contributed by atoms with E-state index in [1.54, 1.807) is 18.3 Å². The van der Waals surface area contributed by atoms with Crippen LogP contribution in [0.2, 0.25) is 0 Å². The van der Waals surface area contributed by atoms with Gasteiger partial charge in [0.15, 0.2) is 0 Å². The number of carbonyl (C=O) groups is 2. The minimum absolute atomic E-state index is 0.0165. The molecular weight excluding hydrogens is 272 g/mol. The Hall–Kier alpha value is -2.11. The van der Waals surface area contributed by atoms with Crippen molar-refractivity contribution in [1.29, 1.82) is 0 Å². The first-order valence-electron chi connectivity index (χ1n) is 7.23. The number of carboxylic acid groups (broad SMARTS) is 1. The molecule has 1 heterocycles. The molecule has 1 aliphatic rings. The van der Waals surface area contributed by atoms with Crippen LogP contribution in [-0.4, -0.2) is 34.6 Å². The van der Waals surface area contributed by atoms with Crippen LogP contribution in [0.25, 0.3) is 0 Å². The van der Waals surface area contributed by atoms with Gasteiger partial charge in [0.2, 0.25) is 5.88 Å². The Morgan fingerprint density at radius 2 is 2.10 bits per heavy atom. The summed E-state index contributed by atoms with van der Waals surface area (Å²) in [7, 11) is 0. The monoisotopic (exact) mass is 292 g/mol. The lowest BCUT2D eigenvalue weighted by atomic mass is 9.86. The van der Waals surface area contributed by atoms with Gasteiger partial charge in [-0.3, -0.25) is 9.59 Å². The number of amides is 1. The van der Waals surface area contributed by atoms with Gasteiger partial charge in [-0.25, -0.2) is 4.98 Å². The minimum Gasteiger partial charge on any atom is -0.481 e. The highest BCUT2D eigenvalue weighted by atomic mass is 16.5. The molecule has 1 aromatic rings. The van der Waals surface area contributed by atoms with Crippen LogP contribution in [0.15, 0.2) is 18.3 Å². The van der Waals surface area contributed by atoms with E-state index >= 15 is 0 Å². The molecule has 21 heavy (non-hydrogen) atoms. The van der Waals surface area contributed by atoms with E-state index in [-0.39, 0.29) is 17.9 Å². The largest absolute Gasteiger partial charge is 0.481 e. The first kappa shape index (κ1) is 15.3. The Morgan fingerprint density at radius 3 is 2.71 bits per heavy atom. The van der Waals surface area contributed by atoms with Crippen LogP contribution >= 0.6 is 0 Å². The highest BCUT2D eigenvalue weighted by Gasteiger charge is 2.27. The molecule has 2 rings (SSSR count). The first-order valence-corrected chi connectivity index (χ1v) is 7.23. The fraction of sp³-hybridized carbons (Fsp3) is 0.533. The summed E-state index contributed by atoms with van der Waals surface area (Å²) < 4.78 is 5.35. The van der Waals surface area contributed by atoms with E-state index in [1.807, 2.05) is 6.92 Å². The number of rotatable bonds is 5. The highest BCUT2D eigenvalue weighted by Crippen LogP contribution is 2.25. The second kappa shape index (κ2) is 7.06. The molecule has 6 heteroatoms. The van der Waals surface area contributed by atoms with Gasteiger partial charge in [0.1, 0.15) is 5.56 Å². The van der Waals surface area contributed by atoms with E-state index in [9.17, 15) is 9.59 Å². The van der Waals surface area contributed by atoms with Crippen molar-refractivity contribution in [2.45, 2.75) is 38.6 Å². The molecule has 0 spiro atoms. The lowest BCUT2D eigenvalue weighted by Gasteiger charge is -2.26. The van der Waals surface area contributed by atoms with Gasteiger partial charge >= 0.3 is 5.97 Å². The molecule has 6 nitrogen and oxygen atoms in total. The smallest absolute Gasteiger partial charge is 0.306 e. The summed E-state index contributed by atoms with van der Waals surface area (Å²) in [4.78, 5) is 27.2. The summed E-state index contributed by atoms with van der Waals surface area (Å²) in [5.74, 6) is -0.914. The van der Waals surface area contributed by atoms with Gasteiger partial charge in [0.05, 0.1) is 12.5 Å². The number of nitrogens with zero attached hydrogens (tertiary/aromatic N) is 1. The summed E-state index contributed by atoms with van der Waals surface area (Å²) in [5.41, 5.74) is 0.416. The van der Waals surface area contributed by atoms with Crippen molar-refractivity contribution in [3.8, 4) is 5.88 Å². The summed E-state index contributed by atoms with van der Waals surface area (Å²) in [6.07, 6.45) is 4.16. The molecule has 0 saturated heterocycles. The van der Waals surface area contributed by atoms with Crippen LogP contribution < -0.4 is 10.1 Å². The number of aromatic nitrogens is 1. The van der Waals surface area contributed by atoms with Crippen molar-refractivity contribution in [3.05, 3.63) is 23.9 Å². The van der Waals surface area contributed by atoms with Gasteiger partial charge in [0.25, 0.3) is 5.91 Å². The van der Waals surface area contributed by atoms with Gasteiger partial charge in [-0.15, -0.1) is 0 Å². The van der Waals surface area contributed by atoms with Crippen molar-refractivity contribution >= 4 is 11.9 Å². The Morgan fingerprint density at radius 1 is 1.38 bits per heavy atom.